The topological polar surface area (TPSA) is 91.3 Å². The first kappa shape index (κ1) is 56.4. The van der Waals surface area contributed by atoms with E-state index in [9.17, 15) is 14.3 Å². The van der Waals surface area contributed by atoms with E-state index in [4.69, 9.17) is 18.5 Å². The molecule has 0 bridgehead atoms. The number of allylic oxidation sites excluding steroid dienone is 16. The van der Waals surface area contributed by atoms with Gasteiger partial charge in [0.2, 0.25) is 0 Å². The highest BCUT2D eigenvalue weighted by Gasteiger charge is 2.26. The maximum absolute atomic E-state index is 12.7. The van der Waals surface area contributed by atoms with Crippen LogP contribution in [0.2, 0.25) is 0 Å². The van der Waals surface area contributed by atoms with Crippen molar-refractivity contribution in [2.75, 3.05) is 54.1 Å². The Balaban J connectivity index is 4.22. The monoisotopic (exact) mass is 845 g/mol. The fourth-order valence-corrected chi connectivity index (χ4v) is 6.39. The highest BCUT2D eigenvalue weighted by atomic mass is 31.2. The Bertz CT molecular complexity index is 1260. The molecule has 0 fully saturated rings. The molecule has 9 heteroatoms. The first-order valence-corrected chi connectivity index (χ1v) is 24.5. The maximum atomic E-state index is 12.7. The van der Waals surface area contributed by atoms with Gasteiger partial charge in [0.1, 0.15) is 19.3 Å². The number of unbranched alkanes of at least 4 members (excludes halogenated alkanes) is 11. The molecular formula is C50H87NO7P+. The molecule has 0 aromatic heterocycles. The second-order valence-corrected chi connectivity index (χ2v) is 17.5. The van der Waals surface area contributed by atoms with Crippen molar-refractivity contribution >= 4 is 13.8 Å². The van der Waals surface area contributed by atoms with Gasteiger partial charge in [0.05, 0.1) is 34.4 Å². The Labute approximate surface area is 362 Å². The van der Waals surface area contributed by atoms with E-state index in [1.54, 1.807) is 0 Å². The van der Waals surface area contributed by atoms with Crippen molar-refractivity contribution in [1.82, 2.24) is 0 Å². The van der Waals surface area contributed by atoms with Crippen LogP contribution in [0.3, 0.4) is 0 Å². The number of rotatable bonds is 41. The standard InChI is InChI=1S/C50H86NO7P/c1-6-8-10-12-14-16-18-20-21-22-23-24-25-26-27-28-29-30-32-34-36-38-40-42-45-55-47-49(48-57-59(53,54)56-46-44-51(3,4)5)58-50(52)43-41-39-37-35-33-31-19-17-15-13-11-9-7-2/h8-11,14-17,20-21,23-24,26-27,31,33,49H,6-7,12-13,18-19,22,25,28-30,32,34-48H2,1-5H3/p+1/b10-8-,11-9-,16-14-,17-15-,21-20-,24-23-,27-26-,33-31-. The van der Waals surface area contributed by atoms with Crippen LogP contribution in [0.15, 0.2) is 97.2 Å². The molecule has 338 valence electrons. The normalized spacial score (nSPS) is 14.6. The summed E-state index contributed by atoms with van der Waals surface area (Å²) in [6.45, 7) is 5.30. The van der Waals surface area contributed by atoms with Crippen LogP contribution in [-0.4, -0.2) is 75.6 Å². The number of quaternary nitrogens is 1. The molecule has 59 heavy (non-hydrogen) atoms. The van der Waals surface area contributed by atoms with Crippen molar-refractivity contribution in [3.05, 3.63) is 97.2 Å². The van der Waals surface area contributed by atoms with Gasteiger partial charge in [-0.05, 0) is 89.9 Å². The SMILES string of the molecule is CC/C=C\C/C=C\C/C=C\C/C=C\C/C=C\CCCCCCCCCCOCC(COP(=O)(O)OCC[N+](C)(C)C)OC(=O)CCCCC/C=C\C/C=C\C/C=C\CC. The van der Waals surface area contributed by atoms with E-state index < -0.39 is 13.9 Å². The zero-order valence-corrected chi connectivity index (χ0v) is 39.1. The van der Waals surface area contributed by atoms with Gasteiger partial charge in [-0.25, -0.2) is 4.57 Å². The largest absolute Gasteiger partial charge is 0.472 e. The van der Waals surface area contributed by atoms with E-state index >= 15 is 0 Å². The number of carbonyl (C=O) groups excluding carboxylic acids is 1. The summed E-state index contributed by atoms with van der Waals surface area (Å²) in [7, 11) is 1.62. The zero-order valence-electron chi connectivity index (χ0n) is 38.2. The Morgan fingerprint density at radius 1 is 0.525 bits per heavy atom. The molecule has 1 N–H and O–H groups in total. The molecule has 0 heterocycles. The van der Waals surface area contributed by atoms with Crippen LogP contribution in [0, 0.1) is 0 Å². The van der Waals surface area contributed by atoms with E-state index in [0.29, 0.717) is 17.6 Å². The fraction of sp³-hybridized carbons (Fsp3) is 0.660. The van der Waals surface area contributed by atoms with Crippen molar-refractivity contribution in [2.24, 2.45) is 0 Å². The van der Waals surface area contributed by atoms with Crippen LogP contribution in [0.4, 0.5) is 0 Å². The second kappa shape index (κ2) is 42.1. The third-order valence-electron chi connectivity index (χ3n) is 9.14. The van der Waals surface area contributed by atoms with Crippen LogP contribution >= 0.6 is 7.82 Å². The smallest absolute Gasteiger partial charge is 0.457 e. The van der Waals surface area contributed by atoms with Crippen LogP contribution in [-0.2, 0) is 27.9 Å². The third kappa shape index (κ3) is 46.3. The first-order valence-electron chi connectivity index (χ1n) is 23.0. The molecule has 0 aromatic rings. The van der Waals surface area contributed by atoms with Gasteiger partial charge in [-0.2, -0.15) is 0 Å². The van der Waals surface area contributed by atoms with E-state index in [1.807, 2.05) is 21.1 Å². The summed E-state index contributed by atoms with van der Waals surface area (Å²) >= 11 is 0. The highest BCUT2D eigenvalue weighted by molar-refractivity contribution is 7.47. The number of likely N-dealkylation sites (N-methyl/N-ethyl adjacent to an activating group) is 1. The van der Waals surface area contributed by atoms with Crippen molar-refractivity contribution in [2.45, 2.75) is 161 Å². The summed E-state index contributed by atoms with van der Waals surface area (Å²) in [5.74, 6) is -0.350. The predicted octanol–water partition coefficient (Wildman–Crippen LogP) is 13.8. The molecule has 0 saturated heterocycles. The van der Waals surface area contributed by atoms with Crippen molar-refractivity contribution in [3.63, 3.8) is 0 Å². The summed E-state index contributed by atoms with van der Waals surface area (Å²) in [6.07, 6.45) is 57.4. The molecule has 0 saturated carbocycles. The lowest BCUT2D eigenvalue weighted by atomic mass is 10.1. The minimum Gasteiger partial charge on any atom is -0.457 e. The number of hydrogen-bond donors (Lipinski definition) is 1. The first-order chi connectivity index (χ1) is 28.6. The van der Waals surface area contributed by atoms with E-state index in [1.165, 1.54) is 38.5 Å². The Kier molecular flexibility index (Phi) is 40.3. The average molecular weight is 845 g/mol. The van der Waals surface area contributed by atoms with Crippen LogP contribution in [0.25, 0.3) is 0 Å². The quantitative estimate of drug-likeness (QED) is 0.0215. The molecule has 2 unspecified atom stereocenters. The van der Waals surface area contributed by atoms with Crippen LogP contribution < -0.4 is 0 Å². The minimum absolute atomic E-state index is 0.0753. The molecular weight excluding hydrogens is 758 g/mol. The summed E-state index contributed by atoms with van der Waals surface area (Å²) < 4.78 is 35.0. The van der Waals surface area contributed by atoms with Gasteiger partial charge in [0.25, 0.3) is 0 Å². The highest BCUT2D eigenvalue weighted by Crippen LogP contribution is 2.43. The number of carbonyl (C=O) groups is 1. The van der Waals surface area contributed by atoms with Crippen LogP contribution in [0.1, 0.15) is 155 Å². The number of phosphoric ester groups is 1. The van der Waals surface area contributed by atoms with Gasteiger partial charge >= 0.3 is 13.8 Å². The van der Waals surface area contributed by atoms with Gasteiger partial charge in [-0.3, -0.25) is 13.8 Å². The summed E-state index contributed by atoms with van der Waals surface area (Å²) in [5.41, 5.74) is 0. The van der Waals surface area contributed by atoms with Crippen molar-refractivity contribution < 1.29 is 37.3 Å². The van der Waals surface area contributed by atoms with E-state index in [0.717, 1.165) is 96.3 Å². The second-order valence-electron chi connectivity index (χ2n) is 16.0. The summed E-state index contributed by atoms with van der Waals surface area (Å²) in [5, 5.41) is 0. The predicted molar refractivity (Wildman–Crippen MR) is 251 cm³/mol. The molecule has 0 aliphatic heterocycles. The zero-order chi connectivity index (χ0) is 43.4. The minimum atomic E-state index is -4.29. The van der Waals surface area contributed by atoms with E-state index in [2.05, 4.69) is 111 Å². The number of ether oxygens (including phenoxy) is 2. The van der Waals surface area contributed by atoms with Crippen LogP contribution in [0.5, 0.6) is 0 Å². The fourth-order valence-electron chi connectivity index (χ4n) is 5.65. The maximum Gasteiger partial charge on any atom is 0.472 e. The molecule has 2 atom stereocenters. The molecule has 0 aromatic carbocycles. The lowest BCUT2D eigenvalue weighted by Gasteiger charge is -2.24. The van der Waals surface area contributed by atoms with Gasteiger partial charge in [-0.1, -0.05) is 156 Å². The Morgan fingerprint density at radius 3 is 1.39 bits per heavy atom. The molecule has 0 radical (unpaired) electrons. The molecule has 0 spiro atoms. The van der Waals surface area contributed by atoms with Crippen molar-refractivity contribution in [1.29, 1.82) is 0 Å². The average Bonchev–Trinajstić information content (AvgIpc) is 3.19. The molecule has 8 nitrogen and oxygen atoms in total. The number of nitrogens with zero attached hydrogens (tertiary/aromatic N) is 1. The molecule has 0 aliphatic rings. The van der Waals surface area contributed by atoms with Gasteiger partial charge in [-0.15, -0.1) is 0 Å². The van der Waals surface area contributed by atoms with Gasteiger partial charge in [0, 0.05) is 13.0 Å². The number of phosphoric acid groups is 1. The molecule has 0 aliphatic carbocycles. The molecule has 0 rings (SSSR count). The van der Waals surface area contributed by atoms with Gasteiger partial charge in [0.15, 0.2) is 0 Å². The van der Waals surface area contributed by atoms with Crippen molar-refractivity contribution in [3.8, 4) is 0 Å². The van der Waals surface area contributed by atoms with E-state index in [-0.39, 0.29) is 32.2 Å². The number of hydrogen-bond acceptors (Lipinski definition) is 6. The Morgan fingerprint density at radius 2 is 0.932 bits per heavy atom. The summed E-state index contributed by atoms with van der Waals surface area (Å²) in [4.78, 5) is 22.9. The lowest BCUT2D eigenvalue weighted by Crippen LogP contribution is -2.37. The van der Waals surface area contributed by atoms with Gasteiger partial charge < -0.3 is 18.9 Å². The lowest BCUT2D eigenvalue weighted by molar-refractivity contribution is -0.870. The number of esters is 1. The summed E-state index contributed by atoms with van der Waals surface area (Å²) in [6, 6.07) is 0. The third-order valence-corrected chi connectivity index (χ3v) is 10.1. The Hall–Kier alpha value is -2.58. The molecule has 0 amide bonds.